The average Bonchev–Trinajstić information content (AvgIpc) is 3.12. The van der Waals surface area contributed by atoms with Crippen LogP contribution in [0.2, 0.25) is 0 Å². The molecule has 28 heavy (non-hydrogen) atoms. The number of carboxylic acids is 2. The van der Waals surface area contributed by atoms with Gasteiger partial charge in [-0.25, -0.2) is 4.79 Å². The Bertz CT molecular complexity index is 634. The number of carboxylic acid groups (broad SMARTS) is 2. The molecule has 0 aromatic rings. The molecule has 11 nitrogen and oxygen atoms in total. The standard InChI is InChI=1S/C15H24N4O7S2/c16-7(4-11(20)21)12(22)17-8(5-27)13(23)18-9(6-28)14(24)19-3-1-2-10(19)15(25)26/h7-10,27-28H,1-6,16H2,(H,17,22)(H,18,23)(H,20,21)(H,25,26)/t7-,8-,9-,10-/m0/s1. The number of carbonyl (C=O) groups excluding carboxylic acids is 3. The van der Waals surface area contributed by atoms with Crippen molar-refractivity contribution >= 4 is 54.9 Å². The van der Waals surface area contributed by atoms with Gasteiger partial charge in [0.05, 0.1) is 12.5 Å². The van der Waals surface area contributed by atoms with Crippen LogP contribution in [0.25, 0.3) is 0 Å². The van der Waals surface area contributed by atoms with Crippen LogP contribution < -0.4 is 16.4 Å². The SMILES string of the molecule is N[C@@H](CC(=O)O)C(=O)N[C@@H](CS)C(=O)N[C@@H](CS)C(=O)N1CCC[C@H]1C(=O)O. The summed E-state index contributed by atoms with van der Waals surface area (Å²) in [6.45, 7) is 0.257. The van der Waals surface area contributed by atoms with Crippen molar-refractivity contribution in [3.8, 4) is 0 Å². The first-order valence-corrected chi connectivity index (χ1v) is 9.72. The van der Waals surface area contributed by atoms with Crippen molar-refractivity contribution in [2.75, 3.05) is 18.1 Å². The highest BCUT2D eigenvalue weighted by molar-refractivity contribution is 7.80. The zero-order valence-electron chi connectivity index (χ0n) is 14.9. The summed E-state index contributed by atoms with van der Waals surface area (Å²) in [6.07, 6.45) is 0.244. The molecule has 3 amide bonds. The molecule has 0 spiro atoms. The lowest BCUT2D eigenvalue weighted by Gasteiger charge is -2.27. The molecular weight excluding hydrogens is 412 g/mol. The van der Waals surface area contributed by atoms with E-state index < -0.39 is 60.2 Å². The second kappa shape index (κ2) is 11.1. The second-order valence-electron chi connectivity index (χ2n) is 6.22. The molecule has 0 aromatic carbocycles. The Labute approximate surface area is 172 Å². The van der Waals surface area contributed by atoms with Gasteiger partial charge in [0, 0.05) is 18.1 Å². The molecule has 0 aliphatic carbocycles. The van der Waals surface area contributed by atoms with Crippen LogP contribution in [0.15, 0.2) is 0 Å². The van der Waals surface area contributed by atoms with E-state index in [1.54, 1.807) is 0 Å². The highest BCUT2D eigenvalue weighted by Gasteiger charge is 2.37. The molecule has 1 saturated heterocycles. The van der Waals surface area contributed by atoms with E-state index >= 15 is 0 Å². The predicted octanol–water partition coefficient (Wildman–Crippen LogP) is -2.31. The highest BCUT2D eigenvalue weighted by Crippen LogP contribution is 2.18. The van der Waals surface area contributed by atoms with E-state index in [0.29, 0.717) is 12.8 Å². The van der Waals surface area contributed by atoms with E-state index in [-0.39, 0.29) is 18.1 Å². The van der Waals surface area contributed by atoms with Gasteiger partial charge in [-0.15, -0.1) is 0 Å². The third kappa shape index (κ3) is 6.56. The van der Waals surface area contributed by atoms with Gasteiger partial charge in [-0.05, 0) is 12.8 Å². The maximum atomic E-state index is 12.6. The number of hydrogen-bond acceptors (Lipinski definition) is 8. The van der Waals surface area contributed by atoms with Crippen LogP contribution >= 0.6 is 25.3 Å². The molecule has 0 aromatic heterocycles. The molecule has 1 heterocycles. The van der Waals surface area contributed by atoms with Crippen molar-refractivity contribution in [2.24, 2.45) is 5.73 Å². The van der Waals surface area contributed by atoms with Crippen LogP contribution in [0, 0.1) is 0 Å². The number of likely N-dealkylation sites (tertiary alicyclic amines) is 1. The predicted molar refractivity (Wildman–Crippen MR) is 104 cm³/mol. The molecule has 1 aliphatic rings. The van der Waals surface area contributed by atoms with Gasteiger partial charge in [0.15, 0.2) is 0 Å². The number of nitrogens with zero attached hydrogens (tertiary/aromatic N) is 1. The minimum atomic E-state index is -1.35. The zero-order valence-corrected chi connectivity index (χ0v) is 16.7. The lowest BCUT2D eigenvalue weighted by molar-refractivity contribution is -0.149. The molecular formula is C15H24N4O7S2. The molecule has 1 aliphatic heterocycles. The Morgan fingerprint density at radius 1 is 1.04 bits per heavy atom. The van der Waals surface area contributed by atoms with Gasteiger partial charge < -0.3 is 31.5 Å². The monoisotopic (exact) mass is 436 g/mol. The minimum absolute atomic E-state index is 0.0841. The van der Waals surface area contributed by atoms with E-state index in [4.69, 9.17) is 10.8 Å². The van der Waals surface area contributed by atoms with Crippen LogP contribution in [0.4, 0.5) is 0 Å². The first kappa shape index (κ1) is 24.0. The van der Waals surface area contributed by atoms with Crippen molar-refractivity contribution in [1.29, 1.82) is 0 Å². The van der Waals surface area contributed by atoms with Crippen molar-refractivity contribution in [3.05, 3.63) is 0 Å². The zero-order chi connectivity index (χ0) is 21.4. The Balaban J connectivity index is 2.75. The second-order valence-corrected chi connectivity index (χ2v) is 6.95. The van der Waals surface area contributed by atoms with Gasteiger partial charge in [-0.1, -0.05) is 0 Å². The molecule has 6 N–H and O–H groups in total. The fraction of sp³-hybridized carbons (Fsp3) is 0.667. The number of nitrogens with two attached hydrogens (primary N) is 1. The lowest BCUT2D eigenvalue weighted by Crippen LogP contribution is -2.58. The molecule has 13 heteroatoms. The molecule has 0 radical (unpaired) electrons. The minimum Gasteiger partial charge on any atom is -0.481 e. The summed E-state index contributed by atoms with van der Waals surface area (Å²) in [4.78, 5) is 60.0. The van der Waals surface area contributed by atoms with Crippen LogP contribution in [0.1, 0.15) is 19.3 Å². The fourth-order valence-electron chi connectivity index (χ4n) is 2.70. The van der Waals surface area contributed by atoms with Crippen LogP contribution in [-0.2, 0) is 24.0 Å². The lowest BCUT2D eigenvalue weighted by atomic mass is 10.1. The quantitative estimate of drug-likeness (QED) is 0.187. The summed E-state index contributed by atoms with van der Waals surface area (Å²) in [5.74, 6) is -4.79. The molecule has 0 saturated carbocycles. The first-order valence-electron chi connectivity index (χ1n) is 8.45. The summed E-state index contributed by atoms with van der Waals surface area (Å²) in [6, 6.07) is -4.57. The molecule has 0 bridgehead atoms. The molecule has 158 valence electrons. The number of amides is 3. The summed E-state index contributed by atoms with van der Waals surface area (Å²) in [7, 11) is 0. The van der Waals surface area contributed by atoms with Crippen molar-refractivity contribution in [2.45, 2.75) is 43.4 Å². The van der Waals surface area contributed by atoms with E-state index in [0.717, 1.165) is 0 Å². The van der Waals surface area contributed by atoms with E-state index in [2.05, 4.69) is 35.9 Å². The Hall–Kier alpha value is -1.99. The summed E-state index contributed by atoms with van der Waals surface area (Å²) in [5.41, 5.74) is 5.45. The van der Waals surface area contributed by atoms with E-state index in [9.17, 15) is 29.1 Å². The Morgan fingerprint density at radius 3 is 2.11 bits per heavy atom. The topological polar surface area (TPSA) is 179 Å². The average molecular weight is 437 g/mol. The van der Waals surface area contributed by atoms with Crippen LogP contribution in [0.5, 0.6) is 0 Å². The number of hydrogen-bond donors (Lipinski definition) is 7. The summed E-state index contributed by atoms with van der Waals surface area (Å²) >= 11 is 8.02. The summed E-state index contributed by atoms with van der Waals surface area (Å²) < 4.78 is 0. The van der Waals surface area contributed by atoms with Crippen molar-refractivity contribution in [1.82, 2.24) is 15.5 Å². The Morgan fingerprint density at radius 2 is 1.61 bits per heavy atom. The van der Waals surface area contributed by atoms with Crippen LogP contribution in [-0.4, -0.2) is 87.0 Å². The highest BCUT2D eigenvalue weighted by atomic mass is 32.1. The maximum Gasteiger partial charge on any atom is 0.326 e. The van der Waals surface area contributed by atoms with E-state index in [1.807, 2.05) is 0 Å². The first-order chi connectivity index (χ1) is 13.1. The number of aliphatic carboxylic acids is 2. The molecule has 1 rings (SSSR count). The third-order valence-electron chi connectivity index (χ3n) is 4.16. The fourth-order valence-corrected chi connectivity index (χ4v) is 3.20. The number of thiol groups is 2. The van der Waals surface area contributed by atoms with Crippen molar-refractivity contribution < 1.29 is 34.2 Å². The normalized spacial score (nSPS) is 19.4. The third-order valence-corrected chi connectivity index (χ3v) is 4.90. The molecule has 1 fully saturated rings. The number of rotatable bonds is 10. The molecule has 0 unspecified atom stereocenters. The van der Waals surface area contributed by atoms with Gasteiger partial charge in [-0.3, -0.25) is 19.2 Å². The van der Waals surface area contributed by atoms with Crippen LogP contribution in [0.3, 0.4) is 0 Å². The van der Waals surface area contributed by atoms with Crippen molar-refractivity contribution in [3.63, 3.8) is 0 Å². The summed E-state index contributed by atoms with van der Waals surface area (Å²) in [5, 5.41) is 22.6. The van der Waals surface area contributed by atoms with Gasteiger partial charge in [0.1, 0.15) is 18.1 Å². The van der Waals surface area contributed by atoms with Gasteiger partial charge >= 0.3 is 11.9 Å². The maximum absolute atomic E-state index is 12.6. The smallest absolute Gasteiger partial charge is 0.326 e. The Kier molecular flexibility index (Phi) is 9.55. The largest absolute Gasteiger partial charge is 0.481 e. The van der Waals surface area contributed by atoms with Gasteiger partial charge in [-0.2, -0.15) is 25.3 Å². The van der Waals surface area contributed by atoms with E-state index in [1.165, 1.54) is 4.90 Å². The van der Waals surface area contributed by atoms with Gasteiger partial charge in [0.2, 0.25) is 17.7 Å². The molecule has 4 atom stereocenters. The number of carbonyl (C=O) groups is 5. The van der Waals surface area contributed by atoms with Gasteiger partial charge in [0.25, 0.3) is 0 Å². The number of nitrogens with one attached hydrogen (secondary N) is 2.